The van der Waals surface area contributed by atoms with Crippen molar-refractivity contribution >= 4 is 27.9 Å². The van der Waals surface area contributed by atoms with Crippen LogP contribution >= 0.6 is 15.9 Å². The number of carbonyl (C=O) groups excluding carboxylic acids is 2. The van der Waals surface area contributed by atoms with Crippen LogP contribution in [0.3, 0.4) is 0 Å². The van der Waals surface area contributed by atoms with Gasteiger partial charge in [-0.1, -0.05) is 13.8 Å². The quantitative estimate of drug-likeness (QED) is 0.637. The van der Waals surface area contributed by atoms with E-state index in [2.05, 4.69) is 15.9 Å². The Morgan fingerprint density at radius 3 is 1.87 bits per heavy atom. The maximum Gasteiger partial charge on any atom is 0.339 e. The highest BCUT2D eigenvalue weighted by atomic mass is 79.9. The molecule has 5 heteroatoms. The van der Waals surface area contributed by atoms with Crippen LogP contribution in [-0.2, 0) is 9.47 Å². The van der Waals surface area contributed by atoms with Gasteiger partial charge < -0.3 is 9.47 Å². The molecule has 0 aliphatic carbocycles. The van der Waals surface area contributed by atoms with E-state index in [1.54, 1.807) is 18.2 Å². The molecule has 0 N–H and O–H groups in total. The maximum absolute atomic E-state index is 12.2. The number of rotatable bonds is 6. The second kappa shape index (κ2) is 7.47. The van der Waals surface area contributed by atoms with Crippen LogP contribution in [0.4, 0.5) is 0 Å². The SMILES string of the molecule is CCC(C)(C)OC(=O)c1ccc(C(=O)OC(C)(C)CC)c(Br)c1. The van der Waals surface area contributed by atoms with E-state index < -0.39 is 23.1 Å². The first-order valence-electron chi connectivity index (χ1n) is 7.77. The molecule has 128 valence electrons. The van der Waals surface area contributed by atoms with E-state index in [-0.39, 0.29) is 0 Å². The van der Waals surface area contributed by atoms with Gasteiger partial charge in [0.15, 0.2) is 0 Å². The summed E-state index contributed by atoms with van der Waals surface area (Å²) in [5.41, 5.74) is -0.270. The lowest BCUT2D eigenvalue weighted by Crippen LogP contribution is -2.28. The molecular weight excluding hydrogens is 360 g/mol. The fourth-order valence-electron chi connectivity index (χ4n) is 1.57. The van der Waals surface area contributed by atoms with Gasteiger partial charge in [-0.05, 0) is 74.7 Å². The van der Waals surface area contributed by atoms with E-state index in [0.29, 0.717) is 22.0 Å². The molecule has 0 saturated heterocycles. The lowest BCUT2D eigenvalue weighted by Gasteiger charge is -2.24. The predicted molar refractivity (Wildman–Crippen MR) is 93.7 cm³/mol. The molecule has 23 heavy (non-hydrogen) atoms. The van der Waals surface area contributed by atoms with Gasteiger partial charge in [0, 0.05) is 4.47 Å². The van der Waals surface area contributed by atoms with E-state index in [4.69, 9.17) is 9.47 Å². The third kappa shape index (κ3) is 5.65. The summed E-state index contributed by atoms with van der Waals surface area (Å²) >= 11 is 3.33. The summed E-state index contributed by atoms with van der Waals surface area (Å²) < 4.78 is 11.4. The summed E-state index contributed by atoms with van der Waals surface area (Å²) in [7, 11) is 0. The molecule has 0 radical (unpaired) electrons. The van der Waals surface area contributed by atoms with Crippen LogP contribution in [0.2, 0.25) is 0 Å². The van der Waals surface area contributed by atoms with Gasteiger partial charge in [0.2, 0.25) is 0 Å². The van der Waals surface area contributed by atoms with Gasteiger partial charge in [-0.25, -0.2) is 9.59 Å². The molecule has 1 rings (SSSR count). The first-order valence-corrected chi connectivity index (χ1v) is 8.57. The number of benzene rings is 1. The van der Waals surface area contributed by atoms with Gasteiger partial charge in [-0.15, -0.1) is 0 Å². The van der Waals surface area contributed by atoms with Crippen molar-refractivity contribution in [3.05, 3.63) is 33.8 Å². The van der Waals surface area contributed by atoms with Crippen molar-refractivity contribution in [3.8, 4) is 0 Å². The summed E-state index contributed by atoms with van der Waals surface area (Å²) in [5.74, 6) is -0.830. The molecule has 0 aliphatic rings. The predicted octanol–water partition coefficient (Wildman–Crippen LogP) is 5.14. The Hall–Kier alpha value is -1.36. The highest BCUT2D eigenvalue weighted by Crippen LogP contribution is 2.24. The van der Waals surface area contributed by atoms with Gasteiger partial charge in [0.1, 0.15) is 11.2 Å². The molecule has 0 amide bonds. The first-order chi connectivity index (χ1) is 10.5. The van der Waals surface area contributed by atoms with Crippen molar-refractivity contribution in [1.82, 2.24) is 0 Å². The second-order valence-corrected chi connectivity index (χ2v) is 7.55. The standard InChI is InChI=1S/C18H25BrO4/c1-7-17(3,4)22-15(20)12-9-10-13(14(19)11-12)16(21)23-18(5,6)8-2/h9-11H,7-8H2,1-6H3. The van der Waals surface area contributed by atoms with E-state index in [1.165, 1.54) is 0 Å². The monoisotopic (exact) mass is 384 g/mol. The summed E-state index contributed by atoms with van der Waals surface area (Å²) in [6.45, 7) is 11.3. The molecule has 0 fully saturated rings. The molecule has 0 aromatic heterocycles. The van der Waals surface area contributed by atoms with E-state index in [1.807, 2.05) is 41.5 Å². The highest BCUT2D eigenvalue weighted by molar-refractivity contribution is 9.10. The van der Waals surface area contributed by atoms with Gasteiger partial charge in [0.05, 0.1) is 11.1 Å². The Morgan fingerprint density at radius 1 is 0.957 bits per heavy atom. The number of esters is 2. The zero-order valence-corrected chi connectivity index (χ0v) is 16.2. The fourth-order valence-corrected chi connectivity index (χ4v) is 2.11. The molecule has 1 aromatic rings. The fraction of sp³-hybridized carbons (Fsp3) is 0.556. The number of hydrogen-bond acceptors (Lipinski definition) is 4. The Balaban J connectivity index is 2.94. The van der Waals surface area contributed by atoms with Crippen LogP contribution in [0.1, 0.15) is 75.1 Å². The topological polar surface area (TPSA) is 52.6 Å². The van der Waals surface area contributed by atoms with Crippen LogP contribution in [0.25, 0.3) is 0 Å². The van der Waals surface area contributed by atoms with E-state index >= 15 is 0 Å². The Bertz CT molecular complexity index is 591. The average Bonchev–Trinajstić information content (AvgIpc) is 2.46. The first kappa shape index (κ1) is 19.7. The number of hydrogen-bond donors (Lipinski definition) is 0. The van der Waals surface area contributed by atoms with Crippen molar-refractivity contribution in [3.63, 3.8) is 0 Å². The van der Waals surface area contributed by atoms with Crippen molar-refractivity contribution < 1.29 is 19.1 Å². The van der Waals surface area contributed by atoms with E-state index in [0.717, 1.165) is 6.42 Å². The minimum atomic E-state index is -0.528. The molecule has 0 saturated carbocycles. The number of ether oxygens (including phenoxy) is 2. The van der Waals surface area contributed by atoms with Crippen molar-refractivity contribution in [1.29, 1.82) is 0 Å². The van der Waals surface area contributed by atoms with Crippen LogP contribution in [0.5, 0.6) is 0 Å². The van der Waals surface area contributed by atoms with Gasteiger partial charge >= 0.3 is 11.9 Å². The average molecular weight is 385 g/mol. The molecule has 0 aliphatic heterocycles. The smallest absolute Gasteiger partial charge is 0.339 e. The Morgan fingerprint density at radius 2 is 1.43 bits per heavy atom. The third-order valence-corrected chi connectivity index (χ3v) is 4.52. The highest BCUT2D eigenvalue weighted by Gasteiger charge is 2.25. The molecule has 0 heterocycles. The van der Waals surface area contributed by atoms with Gasteiger partial charge in [0.25, 0.3) is 0 Å². The molecule has 0 unspecified atom stereocenters. The summed E-state index contributed by atoms with van der Waals surface area (Å²) in [4.78, 5) is 24.4. The number of carbonyl (C=O) groups is 2. The zero-order chi connectivity index (χ0) is 17.8. The Labute approximate surface area is 146 Å². The van der Waals surface area contributed by atoms with Gasteiger partial charge in [-0.2, -0.15) is 0 Å². The molecule has 4 nitrogen and oxygen atoms in total. The molecule has 0 atom stereocenters. The molecule has 0 bridgehead atoms. The molecular formula is C18H25BrO4. The molecule has 0 spiro atoms. The second-order valence-electron chi connectivity index (χ2n) is 6.70. The van der Waals surface area contributed by atoms with E-state index in [9.17, 15) is 9.59 Å². The maximum atomic E-state index is 12.2. The van der Waals surface area contributed by atoms with Crippen LogP contribution in [0, 0.1) is 0 Å². The third-order valence-electron chi connectivity index (χ3n) is 3.87. The Kier molecular flexibility index (Phi) is 6.40. The zero-order valence-electron chi connectivity index (χ0n) is 14.7. The van der Waals surface area contributed by atoms with Crippen LogP contribution < -0.4 is 0 Å². The lowest BCUT2D eigenvalue weighted by molar-refractivity contribution is -0.00414. The largest absolute Gasteiger partial charge is 0.456 e. The number of halogens is 1. The normalized spacial score (nSPS) is 12.0. The summed E-state index contributed by atoms with van der Waals surface area (Å²) in [5, 5.41) is 0. The minimum absolute atomic E-state index is 0.387. The summed E-state index contributed by atoms with van der Waals surface area (Å²) in [6, 6.07) is 4.74. The molecule has 1 aromatic carbocycles. The van der Waals surface area contributed by atoms with Crippen molar-refractivity contribution in [2.75, 3.05) is 0 Å². The van der Waals surface area contributed by atoms with Gasteiger partial charge in [-0.3, -0.25) is 0 Å². The minimum Gasteiger partial charge on any atom is -0.456 e. The van der Waals surface area contributed by atoms with Crippen LogP contribution in [0.15, 0.2) is 22.7 Å². The lowest BCUT2D eigenvalue weighted by atomic mass is 10.1. The van der Waals surface area contributed by atoms with Crippen LogP contribution in [-0.4, -0.2) is 23.1 Å². The van der Waals surface area contributed by atoms with Crippen molar-refractivity contribution in [2.45, 2.75) is 65.6 Å². The van der Waals surface area contributed by atoms with Crippen molar-refractivity contribution in [2.24, 2.45) is 0 Å². The summed E-state index contributed by atoms with van der Waals surface area (Å²) in [6.07, 6.45) is 1.43.